The van der Waals surface area contributed by atoms with Gasteiger partial charge < -0.3 is 4.98 Å². The molecule has 0 spiro atoms. The molecule has 4 aromatic rings. The first-order valence-corrected chi connectivity index (χ1v) is 8.90. The highest BCUT2D eigenvalue weighted by molar-refractivity contribution is 7.98. The Morgan fingerprint density at radius 1 is 1.22 bits per heavy atom. The summed E-state index contributed by atoms with van der Waals surface area (Å²) in [5, 5.41) is 0.798. The first-order chi connectivity index (χ1) is 11.2. The van der Waals surface area contributed by atoms with Crippen LogP contribution in [0.5, 0.6) is 0 Å². The fourth-order valence-corrected chi connectivity index (χ4v) is 4.03. The Labute approximate surface area is 138 Å². The second-order valence-electron chi connectivity index (χ2n) is 4.93. The number of aromatic nitrogens is 3. The number of pyridine rings is 1. The summed E-state index contributed by atoms with van der Waals surface area (Å²) in [4.78, 5) is 34.1. The lowest BCUT2D eigenvalue weighted by Crippen LogP contribution is -2.33. The van der Waals surface area contributed by atoms with Gasteiger partial charge in [0.15, 0.2) is 0 Å². The Hall–Kier alpha value is -2.38. The number of rotatable bonds is 2. The molecule has 0 saturated heterocycles. The van der Waals surface area contributed by atoms with Gasteiger partial charge in [0.05, 0.1) is 11.2 Å². The quantitative estimate of drug-likeness (QED) is 0.569. The molecule has 0 atom stereocenters. The number of nitrogens with zero attached hydrogens (tertiary/aromatic N) is 2. The molecule has 23 heavy (non-hydrogen) atoms. The van der Waals surface area contributed by atoms with E-state index in [9.17, 15) is 9.59 Å². The van der Waals surface area contributed by atoms with Crippen molar-refractivity contribution in [3.05, 3.63) is 63.4 Å². The highest BCUT2D eigenvalue weighted by atomic mass is 32.2. The average Bonchev–Trinajstić information content (AvgIpc) is 2.94. The van der Waals surface area contributed by atoms with Crippen LogP contribution in [0.25, 0.3) is 26.1 Å². The maximum Gasteiger partial charge on any atom is 0.333 e. The fourth-order valence-electron chi connectivity index (χ4n) is 2.55. The van der Waals surface area contributed by atoms with Crippen LogP contribution >= 0.6 is 23.1 Å². The van der Waals surface area contributed by atoms with E-state index >= 15 is 0 Å². The van der Waals surface area contributed by atoms with Gasteiger partial charge in [-0.05, 0) is 36.6 Å². The van der Waals surface area contributed by atoms with Crippen molar-refractivity contribution >= 4 is 43.5 Å². The third-order valence-corrected chi connectivity index (χ3v) is 5.44. The van der Waals surface area contributed by atoms with E-state index < -0.39 is 5.69 Å². The summed E-state index contributed by atoms with van der Waals surface area (Å²) in [5.74, 6) is 0. The predicted octanol–water partition coefficient (Wildman–Crippen LogP) is 3.01. The molecule has 0 bridgehead atoms. The van der Waals surface area contributed by atoms with E-state index in [-0.39, 0.29) is 5.56 Å². The summed E-state index contributed by atoms with van der Waals surface area (Å²) in [6.45, 7) is 0. The van der Waals surface area contributed by atoms with E-state index in [4.69, 9.17) is 0 Å². The van der Waals surface area contributed by atoms with Crippen molar-refractivity contribution < 1.29 is 0 Å². The van der Waals surface area contributed by atoms with Gasteiger partial charge in [-0.15, -0.1) is 23.1 Å². The van der Waals surface area contributed by atoms with Crippen LogP contribution in [0.2, 0.25) is 0 Å². The van der Waals surface area contributed by atoms with Gasteiger partial charge in [-0.3, -0.25) is 4.79 Å². The predicted molar refractivity (Wildman–Crippen MR) is 95.1 cm³/mol. The van der Waals surface area contributed by atoms with Crippen molar-refractivity contribution in [3.63, 3.8) is 0 Å². The molecule has 0 fully saturated rings. The van der Waals surface area contributed by atoms with Crippen molar-refractivity contribution in [3.8, 4) is 5.69 Å². The Bertz CT molecular complexity index is 1160. The van der Waals surface area contributed by atoms with Crippen LogP contribution in [0.1, 0.15) is 0 Å². The lowest BCUT2D eigenvalue weighted by Gasteiger charge is -2.06. The molecule has 114 valence electrons. The minimum atomic E-state index is -0.440. The van der Waals surface area contributed by atoms with Crippen LogP contribution in [-0.2, 0) is 0 Å². The number of benzene rings is 1. The lowest BCUT2D eigenvalue weighted by atomic mass is 10.3. The molecular weight excluding hydrogens is 330 g/mol. The smallest absolute Gasteiger partial charge is 0.305 e. The van der Waals surface area contributed by atoms with E-state index in [0.29, 0.717) is 15.9 Å². The van der Waals surface area contributed by atoms with Crippen molar-refractivity contribution in [1.29, 1.82) is 0 Å². The Morgan fingerprint density at radius 2 is 2.09 bits per heavy atom. The minimum absolute atomic E-state index is 0.315. The van der Waals surface area contributed by atoms with Crippen LogP contribution in [0.15, 0.2) is 57.1 Å². The topological polar surface area (TPSA) is 67.8 Å². The fraction of sp³-hybridized carbons (Fsp3) is 0.0625. The van der Waals surface area contributed by atoms with E-state index in [2.05, 4.69) is 9.97 Å². The molecule has 0 saturated carbocycles. The molecule has 0 radical (unpaired) electrons. The SMILES string of the molecule is CSc1cccc(-n2c(=O)[nH]c3c(sc4ncccc43)c2=O)c1. The van der Waals surface area contributed by atoms with Gasteiger partial charge in [0, 0.05) is 16.5 Å². The molecular formula is C16H11N3O2S2. The third kappa shape index (κ3) is 2.20. The number of thiophene rings is 1. The van der Waals surface area contributed by atoms with E-state index in [1.165, 1.54) is 15.9 Å². The summed E-state index contributed by atoms with van der Waals surface area (Å²) in [6, 6.07) is 11.0. The van der Waals surface area contributed by atoms with Crippen molar-refractivity contribution in [1.82, 2.24) is 14.5 Å². The van der Waals surface area contributed by atoms with Crippen LogP contribution in [0, 0.1) is 0 Å². The highest BCUT2D eigenvalue weighted by Crippen LogP contribution is 2.27. The normalized spacial score (nSPS) is 11.3. The number of nitrogens with one attached hydrogen (secondary N) is 1. The minimum Gasteiger partial charge on any atom is -0.305 e. The second kappa shape index (κ2) is 5.36. The van der Waals surface area contributed by atoms with Crippen LogP contribution < -0.4 is 11.2 Å². The molecule has 3 heterocycles. The zero-order valence-corrected chi connectivity index (χ0v) is 13.7. The van der Waals surface area contributed by atoms with Crippen molar-refractivity contribution in [2.45, 2.75) is 4.90 Å². The summed E-state index contributed by atoms with van der Waals surface area (Å²) < 4.78 is 1.69. The average molecular weight is 341 g/mol. The zero-order chi connectivity index (χ0) is 16.0. The molecule has 7 heteroatoms. The first kappa shape index (κ1) is 14.2. The molecule has 1 N–H and O–H groups in total. The van der Waals surface area contributed by atoms with Crippen LogP contribution in [0.4, 0.5) is 0 Å². The molecule has 1 aromatic carbocycles. The lowest BCUT2D eigenvalue weighted by molar-refractivity contribution is 0.902. The van der Waals surface area contributed by atoms with Crippen LogP contribution in [-0.4, -0.2) is 20.8 Å². The van der Waals surface area contributed by atoms with Crippen molar-refractivity contribution in [2.24, 2.45) is 0 Å². The molecule has 0 aliphatic rings. The van der Waals surface area contributed by atoms with Gasteiger partial charge in [-0.1, -0.05) is 6.07 Å². The van der Waals surface area contributed by atoms with Crippen molar-refractivity contribution in [2.75, 3.05) is 6.26 Å². The standard InChI is InChI=1S/C16H11N3O2S2/c1-22-10-5-2-4-9(8-10)19-15(20)13-12(18-16(19)21)11-6-3-7-17-14(11)23-13/h2-8H,1H3,(H,18,21). The Balaban J connectivity index is 2.10. The van der Waals surface area contributed by atoms with Gasteiger partial charge in [-0.25, -0.2) is 14.3 Å². The summed E-state index contributed by atoms with van der Waals surface area (Å²) in [7, 11) is 0. The number of thioether (sulfide) groups is 1. The Morgan fingerprint density at radius 3 is 2.91 bits per heavy atom. The molecule has 0 amide bonds. The van der Waals surface area contributed by atoms with Gasteiger partial charge >= 0.3 is 5.69 Å². The van der Waals surface area contributed by atoms with Gasteiger partial charge in [-0.2, -0.15) is 0 Å². The molecule has 0 unspecified atom stereocenters. The number of hydrogen-bond donors (Lipinski definition) is 1. The monoisotopic (exact) mass is 341 g/mol. The molecule has 0 aliphatic heterocycles. The number of hydrogen-bond acceptors (Lipinski definition) is 5. The third-order valence-electron chi connectivity index (χ3n) is 3.61. The summed E-state index contributed by atoms with van der Waals surface area (Å²) in [5.41, 5.74) is 0.370. The second-order valence-corrected chi connectivity index (χ2v) is 6.81. The molecule has 0 aliphatic carbocycles. The van der Waals surface area contributed by atoms with E-state index in [1.54, 1.807) is 30.1 Å². The summed E-state index contributed by atoms with van der Waals surface area (Å²) >= 11 is 2.86. The maximum atomic E-state index is 12.8. The molecule has 3 aromatic heterocycles. The van der Waals surface area contributed by atoms with E-state index in [0.717, 1.165) is 15.1 Å². The van der Waals surface area contributed by atoms with Gasteiger partial charge in [0.25, 0.3) is 5.56 Å². The molecule has 5 nitrogen and oxygen atoms in total. The van der Waals surface area contributed by atoms with E-state index in [1.807, 2.05) is 30.5 Å². The van der Waals surface area contributed by atoms with Crippen LogP contribution in [0.3, 0.4) is 0 Å². The summed E-state index contributed by atoms with van der Waals surface area (Å²) in [6.07, 6.45) is 3.63. The highest BCUT2D eigenvalue weighted by Gasteiger charge is 2.15. The number of H-pyrrole nitrogens is 1. The Kier molecular flexibility index (Phi) is 3.32. The van der Waals surface area contributed by atoms with Gasteiger partial charge in [0.2, 0.25) is 0 Å². The zero-order valence-electron chi connectivity index (χ0n) is 12.1. The number of fused-ring (bicyclic) bond motifs is 3. The van der Waals surface area contributed by atoms with Gasteiger partial charge in [0.1, 0.15) is 9.53 Å². The first-order valence-electron chi connectivity index (χ1n) is 6.86. The number of aromatic amines is 1. The maximum absolute atomic E-state index is 12.8. The molecule has 4 rings (SSSR count). The largest absolute Gasteiger partial charge is 0.333 e.